The molecular formula is C27H29N3O8S. The van der Waals surface area contributed by atoms with Gasteiger partial charge in [0.05, 0.1) is 44.7 Å². The molecule has 11 nitrogen and oxygen atoms in total. The number of ether oxygens (including phenoxy) is 3. The predicted octanol–water partition coefficient (Wildman–Crippen LogP) is 4.34. The summed E-state index contributed by atoms with van der Waals surface area (Å²) in [7, 11) is 0.666. The normalized spacial score (nSPS) is 11.2. The number of hydrogen-bond donors (Lipinski definition) is 3. The largest absolute Gasteiger partial charge is 0.497 e. The molecule has 0 aliphatic carbocycles. The number of fused-ring (bicyclic) bond motifs is 1. The van der Waals surface area contributed by atoms with Gasteiger partial charge in [0, 0.05) is 36.1 Å². The van der Waals surface area contributed by atoms with Crippen LogP contribution >= 0.6 is 0 Å². The predicted molar refractivity (Wildman–Crippen MR) is 149 cm³/mol. The van der Waals surface area contributed by atoms with Crippen LogP contribution in [0.25, 0.3) is 22.3 Å². The van der Waals surface area contributed by atoms with Crippen molar-refractivity contribution in [3.8, 4) is 28.6 Å². The quantitative estimate of drug-likeness (QED) is 0.261. The molecule has 3 N–H and O–H groups in total. The van der Waals surface area contributed by atoms with Gasteiger partial charge in [-0.15, -0.1) is 0 Å². The average Bonchev–Trinajstić information content (AvgIpc) is 3.27. The number of rotatable bonds is 10. The number of methoxy groups -OCH3 is 2. The second-order valence-electron chi connectivity index (χ2n) is 8.41. The van der Waals surface area contributed by atoms with Crippen LogP contribution < -0.4 is 29.1 Å². The summed E-state index contributed by atoms with van der Waals surface area (Å²) in [4.78, 5) is 12.2. The van der Waals surface area contributed by atoms with Crippen LogP contribution in [0.15, 0.2) is 65.1 Å². The van der Waals surface area contributed by atoms with E-state index in [9.17, 15) is 18.3 Å². The minimum absolute atomic E-state index is 0.135. The summed E-state index contributed by atoms with van der Waals surface area (Å²) in [6, 6.07) is 17.8. The third kappa shape index (κ3) is 6.02. The number of anilines is 3. The average molecular weight is 556 g/mol. The molecule has 3 aromatic carbocycles. The Morgan fingerprint density at radius 2 is 1.77 bits per heavy atom. The Morgan fingerprint density at radius 3 is 2.38 bits per heavy atom. The highest BCUT2D eigenvalue weighted by molar-refractivity contribution is 7.92. The molecule has 12 heteroatoms. The molecule has 1 heterocycles. The maximum atomic E-state index is 12.4. The molecule has 39 heavy (non-hydrogen) atoms. The molecule has 0 aliphatic heterocycles. The highest BCUT2D eigenvalue weighted by Gasteiger charge is 2.26. The Hall–Kier alpha value is -4.42. The number of benzene rings is 3. The molecule has 0 unspecified atom stereocenters. The van der Waals surface area contributed by atoms with Crippen molar-refractivity contribution in [3.63, 3.8) is 0 Å². The van der Waals surface area contributed by atoms with E-state index in [0.717, 1.165) is 27.7 Å². The fourth-order valence-electron chi connectivity index (χ4n) is 4.01. The van der Waals surface area contributed by atoms with Crippen LogP contribution in [0.1, 0.15) is 0 Å². The summed E-state index contributed by atoms with van der Waals surface area (Å²) in [6.07, 6.45) is 0.317. The SMILES string of the molecule is CNC(=O)Oc1c(-c2ccc(Nc3cccc(OC)c3)cc2)oc2cc(N(CCO)S(C)(=O)=O)c(OC)cc12. The smallest absolute Gasteiger partial charge is 0.412 e. The van der Waals surface area contributed by atoms with Gasteiger partial charge in [-0.1, -0.05) is 6.07 Å². The van der Waals surface area contributed by atoms with Gasteiger partial charge in [-0.3, -0.25) is 4.31 Å². The zero-order valence-corrected chi connectivity index (χ0v) is 22.7. The minimum Gasteiger partial charge on any atom is -0.497 e. The Balaban J connectivity index is 1.80. The lowest BCUT2D eigenvalue weighted by atomic mass is 10.1. The van der Waals surface area contributed by atoms with Gasteiger partial charge in [-0.25, -0.2) is 13.2 Å². The first kappa shape index (κ1) is 27.6. The molecule has 0 aliphatic rings. The van der Waals surface area contributed by atoms with Crippen LogP contribution in [0, 0.1) is 0 Å². The standard InChI is InChI=1S/C27H29N3O8S/c1-28-27(32)38-26-21-15-24(36-3)22(30(12-13-31)39(4,33)34)16-23(21)37-25(26)17-8-10-18(11-9-17)29-19-6-5-7-20(14-19)35-2/h5-11,14-16,29,31H,12-13H2,1-4H3,(H,28,32). The van der Waals surface area contributed by atoms with Gasteiger partial charge < -0.3 is 34.4 Å². The van der Waals surface area contributed by atoms with Gasteiger partial charge >= 0.3 is 6.09 Å². The number of aliphatic hydroxyl groups excluding tert-OH is 1. The lowest BCUT2D eigenvalue weighted by molar-refractivity contribution is 0.203. The lowest BCUT2D eigenvalue weighted by Crippen LogP contribution is -2.32. The molecule has 206 valence electrons. The van der Waals surface area contributed by atoms with Crippen molar-refractivity contribution in [2.24, 2.45) is 0 Å². The van der Waals surface area contributed by atoms with Crippen molar-refractivity contribution in [2.45, 2.75) is 0 Å². The molecule has 1 amide bonds. The van der Waals surface area contributed by atoms with Crippen LogP contribution in [0.4, 0.5) is 21.9 Å². The number of hydrogen-bond acceptors (Lipinski definition) is 9. The van der Waals surface area contributed by atoms with Gasteiger partial charge in [-0.05, 0) is 42.5 Å². The van der Waals surface area contributed by atoms with Crippen molar-refractivity contribution in [2.75, 3.05) is 50.3 Å². The maximum Gasteiger partial charge on any atom is 0.412 e. The van der Waals surface area contributed by atoms with Crippen LogP contribution in [0.5, 0.6) is 17.2 Å². The Kier molecular flexibility index (Phi) is 8.17. The molecule has 0 spiro atoms. The molecule has 0 fully saturated rings. The molecule has 0 atom stereocenters. The van der Waals surface area contributed by atoms with Crippen LogP contribution in [0.2, 0.25) is 0 Å². The highest BCUT2D eigenvalue weighted by Crippen LogP contribution is 2.45. The fourth-order valence-corrected chi connectivity index (χ4v) is 4.92. The van der Waals surface area contributed by atoms with E-state index in [1.165, 1.54) is 26.3 Å². The highest BCUT2D eigenvalue weighted by atomic mass is 32.2. The number of carbonyl (C=O) groups excluding carboxylic acids is 1. The van der Waals surface area contributed by atoms with E-state index in [2.05, 4.69) is 10.6 Å². The van der Waals surface area contributed by atoms with E-state index >= 15 is 0 Å². The first-order valence-electron chi connectivity index (χ1n) is 11.8. The van der Waals surface area contributed by atoms with Crippen LogP contribution in [0.3, 0.4) is 0 Å². The minimum atomic E-state index is -3.75. The second kappa shape index (κ2) is 11.5. The van der Waals surface area contributed by atoms with E-state index in [1.807, 2.05) is 36.4 Å². The monoisotopic (exact) mass is 555 g/mol. The van der Waals surface area contributed by atoms with Crippen LogP contribution in [-0.4, -0.2) is 60.3 Å². The zero-order chi connectivity index (χ0) is 28.2. The third-order valence-electron chi connectivity index (χ3n) is 5.82. The molecular weight excluding hydrogens is 526 g/mol. The summed E-state index contributed by atoms with van der Waals surface area (Å²) >= 11 is 0. The number of amides is 1. The maximum absolute atomic E-state index is 12.4. The fraction of sp³-hybridized carbons (Fsp3) is 0.222. The number of carbonyl (C=O) groups is 1. The van der Waals surface area contributed by atoms with E-state index in [4.69, 9.17) is 18.6 Å². The van der Waals surface area contributed by atoms with Crippen molar-refractivity contribution >= 4 is 44.1 Å². The van der Waals surface area contributed by atoms with Gasteiger partial charge in [0.15, 0.2) is 11.5 Å². The lowest BCUT2D eigenvalue weighted by Gasteiger charge is -2.23. The van der Waals surface area contributed by atoms with Crippen molar-refractivity contribution in [1.82, 2.24) is 5.32 Å². The number of furan rings is 1. The zero-order valence-electron chi connectivity index (χ0n) is 21.8. The number of nitrogens with one attached hydrogen (secondary N) is 2. The third-order valence-corrected chi connectivity index (χ3v) is 7.00. The first-order valence-corrected chi connectivity index (χ1v) is 13.7. The Morgan fingerprint density at radius 1 is 1.03 bits per heavy atom. The van der Waals surface area contributed by atoms with Gasteiger partial charge in [-0.2, -0.15) is 0 Å². The number of nitrogens with zero attached hydrogens (tertiary/aromatic N) is 1. The first-order chi connectivity index (χ1) is 18.7. The molecule has 0 saturated heterocycles. The molecule has 0 saturated carbocycles. The summed E-state index contributed by atoms with van der Waals surface area (Å²) in [6.45, 7) is -0.587. The van der Waals surface area contributed by atoms with Crippen molar-refractivity contribution in [1.29, 1.82) is 0 Å². The van der Waals surface area contributed by atoms with Gasteiger partial charge in [0.1, 0.15) is 17.1 Å². The topological polar surface area (TPSA) is 140 Å². The van der Waals surface area contributed by atoms with E-state index in [0.29, 0.717) is 10.9 Å². The van der Waals surface area contributed by atoms with Gasteiger partial charge in [0.25, 0.3) is 0 Å². The van der Waals surface area contributed by atoms with E-state index in [-0.39, 0.29) is 35.1 Å². The number of sulfonamides is 1. The van der Waals surface area contributed by atoms with Crippen LogP contribution in [-0.2, 0) is 10.0 Å². The summed E-state index contributed by atoms with van der Waals surface area (Å²) in [5.41, 5.74) is 2.68. The van der Waals surface area contributed by atoms with Crippen molar-refractivity contribution in [3.05, 3.63) is 60.7 Å². The molecule has 4 rings (SSSR count). The van der Waals surface area contributed by atoms with E-state index < -0.39 is 22.7 Å². The Bertz CT molecular complexity index is 1580. The molecule has 0 radical (unpaired) electrons. The summed E-state index contributed by atoms with van der Waals surface area (Å²) < 4.78 is 48.3. The molecule has 4 aromatic rings. The Labute approximate surface area is 225 Å². The summed E-state index contributed by atoms with van der Waals surface area (Å²) in [5.74, 6) is 1.30. The van der Waals surface area contributed by atoms with Gasteiger partial charge in [0.2, 0.25) is 10.0 Å². The second-order valence-corrected chi connectivity index (χ2v) is 10.3. The number of aliphatic hydroxyl groups is 1. The molecule has 0 bridgehead atoms. The summed E-state index contributed by atoms with van der Waals surface area (Å²) in [5, 5.41) is 15.6. The van der Waals surface area contributed by atoms with Crippen molar-refractivity contribution < 1.29 is 36.9 Å². The molecule has 1 aromatic heterocycles. The van der Waals surface area contributed by atoms with E-state index in [1.54, 1.807) is 19.2 Å².